The number of rotatable bonds is 3. The Morgan fingerprint density at radius 3 is 2.72 bits per heavy atom. The third kappa shape index (κ3) is 2.91. The van der Waals surface area contributed by atoms with Crippen LogP contribution in [0.15, 0.2) is 30.3 Å². The molecule has 3 heteroatoms. The molecule has 98 valence electrons. The summed E-state index contributed by atoms with van der Waals surface area (Å²) < 4.78 is 0. The zero-order valence-electron chi connectivity index (χ0n) is 11.2. The normalized spacial score (nSPS) is 24.0. The predicted octanol–water partition coefficient (Wildman–Crippen LogP) is 1.86. The molecular weight excluding hydrogens is 224 g/mol. The highest BCUT2D eigenvalue weighted by Crippen LogP contribution is 2.32. The molecule has 2 rings (SSSR count). The standard InChI is InChI=1S/C15H22N2O/c1-12-11-17(15(18)10-16-2)9-8-14(12)13-6-4-3-5-7-13/h3-7,12,14,16H,8-11H2,1-2H3. The largest absolute Gasteiger partial charge is 0.341 e. The molecule has 18 heavy (non-hydrogen) atoms. The SMILES string of the molecule is CNCC(=O)N1CCC(c2ccccc2)C(C)C1. The summed E-state index contributed by atoms with van der Waals surface area (Å²) in [4.78, 5) is 13.8. The summed E-state index contributed by atoms with van der Waals surface area (Å²) in [7, 11) is 1.82. The quantitative estimate of drug-likeness (QED) is 0.883. The molecule has 1 saturated heterocycles. The summed E-state index contributed by atoms with van der Waals surface area (Å²) in [5, 5.41) is 2.93. The molecule has 1 amide bonds. The smallest absolute Gasteiger partial charge is 0.236 e. The van der Waals surface area contributed by atoms with Gasteiger partial charge in [-0.2, -0.15) is 0 Å². The number of benzene rings is 1. The zero-order chi connectivity index (χ0) is 13.0. The van der Waals surface area contributed by atoms with Gasteiger partial charge in [0.2, 0.25) is 5.91 Å². The molecule has 1 aliphatic heterocycles. The van der Waals surface area contributed by atoms with E-state index in [1.807, 2.05) is 11.9 Å². The van der Waals surface area contributed by atoms with Gasteiger partial charge in [0.25, 0.3) is 0 Å². The fraction of sp³-hybridized carbons (Fsp3) is 0.533. The Bertz CT molecular complexity index is 391. The second-order valence-electron chi connectivity index (χ2n) is 5.15. The first kappa shape index (κ1) is 13.1. The minimum atomic E-state index is 0.218. The Morgan fingerprint density at radius 2 is 2.11 bits per heavy atom. The van der Waals surface area contributed by atoms with E-state index in [9.17, 15) is 4.79 Å². The number of hydrogen-bond acceptors (Lipinski definition) is 2. The van der Waals surface area contributed by atoms with Gasteiger partial charge < -0.3 is 10.2 Å². The summed E-state index contributed by atoms with van der Waals surface area (Å²) >= 11 is 0. The predicted molar refractivity (Wildman–Crippen MR) is 73.5 cm³/mol. The monoisotopic (exact) mass is 246 g/mol. The lowest BCUT2D eigenvalue weighted by molar-refractivity contribution is -0.132. The molecule has 2 atom stereocenters. The van der Waals surface area contributed by atoms with Crippen LogP contribution in [0.3, 0.4) is 0 Å². The fourth-order valence-corrected chi connectivity index (χ4v) is 2.83. The second-order valence-corrected chi connectivity index (χ2v) is 5.15. The van der Waals surface area contributed by atoms with Crippen LogP contribution in [-0.4, -0.2) is 37.5 Å². The first-order chi connectivity index (χ1) is 8.72. The van der Waals surface area contributed by atoms with Gasteiger partial charge in [-0.25, -0.2) is 0 Å². The maximum Gasteiger partial charge on any atom is 0.236 e. The van der Waals surface area contributed by atoms with Crippen molar-refractivity contribution >= 4 is 5.91 Å². The van der Waals surface area contributed by atoms with E-state index in [0.717, 1.165) is 19.5 Å². The number of likely N-dealkylation sites (tertiary alicyclic amines) is 1. The van der Waals surface area contributed by atoms with E-state index in [0.29, 0.717) is 18.4 Å². The van der Waals surface area contributed by atoms with Gasteiger partial charge >= 0.3 is 0 Å². The van der Waals surface area contributed by atoms with Gasteiger partial charge in [0.05, 0.1) is 6.54 Å². The molecule has 1 N–H and O–H groups in total. The minimum absolute atomic E-state index is 0.218. The van der Waals surface area contributed by atoms with Crippen LogP contribution in [0, 0.1) is 5.92 Å². The van der Waals surface area contributed by atoms with E-state index in [1.165, 1.54) is 5.56 Å². The van der Waals surface area contributed by atoms with Gasteiger partial charge in [0.1, 0.15) is 0 Å². The average Bonchev–Trinajstić information content (AvgIpc) is 2.40. The van der Waals surface area contributed by atoms with Crippen molar-refractivity contribution in [3.05, 3.63) is 35.9 Å². The molecule has 1 aromatic rings. The number of piperidine rings is 1. The van der Waals surface area contributed by atoms with Crippen molar-refractivity contribution in [2.75, 3.05) is 26.7 Å². The molecule has 0 spiro atoms. The van der Waals surface area contributed by atoms with Crippen molar-refractivity contribution < 1.29 is 4.79 Å². The Kier molecular flexibility index (Phi) is 4.37. The number of amides is 1. The molecule has 1 aliphatic rings. The maximum absolute atomic E-state index is 11.9. The molecule has 0 saturated carbocycles. The van der Waals surface area contributed by atoms with Crippen molar-refractivity contribution in [1.29, 1.82) is 0 Å². The summed E-state index contributed by atoms with van der Waals surface area (Å²) in [5.74, 6) is 1.34. The summed E-state index contributed by atoms with van der Waals surface area (Å²) in [5.41, 5.74) is 1.41. The maximum atomic E-state index is 11.9. The van der Waals surface area contributed by atoms with Crippen LogP contribution in [0.4, 0.5) is 0 Å². The molecule has 2 unspecified atom stereocenters. The van der Waals surface area contributed by atoms with Gasteiger partial charge in [-0.05, 0) is 30.9 Å². The summed E-state index contributed by atoms with van der Waals surface area (Å²) in [6, 6.07) is 10.7. The van der Waals surface area contributed by atoms with Crippen LogP contribution in [0.1, 0.15) is 24.8 Å². The molecule has 0 radical (unpaired) electrons. The van der Waals surface area contributed by atoms with Crippen molar-refractivity contribution in [2.45, 2.75) is 19.3 Å². The third-order valence-corrected chi connectivity index (χ3v) is 3.81. The van der Waals surface area contributed by atoms with E-state index in [1.54, 1.807) is 0 Å². The third-order valence-electron chi connectivity index (χ3n) is 3.81. The lowest BCUT2D eigenvalue weighted by Gasteiger charge is -2.37. The molecular formula is C15H22N2O. The highest BCUT2D eigenvalue weighted by Gasteiger charge is 2.28. The Labute approximate surface area is 109 Å². The van der Waals surface area contributed by atoms with Crippen molar-refractivity contribution in [2.24, 2.45) is 5.92 Å². The van der Waals surface area contributed by atoms with Crippen LogP contribution < -0.4 is 5.32 Å². The van der Waals surface area contributed by atoms with Crippen molar-refractivity contribution in [1.82, 2.24) is 10.2 Å². The van der Waals surface area contributed by atoms with Crippen molar-refractivity contribution in [3.63, 3.8) is 0 Å². The molecule has 1 aromatic carbocycles. The fourth-order valence-electron chi connectivity index (χ4n) is 2.83. The first-order valence-electron chi connectivity index (χ1n) is 6.69. The van der Waals surface area contributed by atoms with E-state index >= 15 is 0 Å². The number of carbonyl (C=O) groups is 1. The number of likely N-dealkylation sites (N-methyl/N-ethyl adjacent to an activating group) is 1. The highest BCUT2D eigenvalue weighted by molar-refractivity contribution is 5.78. The zero-order valence-corrected chi connectivity index (χ0v) is 11.2. The van der Waals surface area contributed by atoms with Crippen molar-refractivity contribution in [3.8, 4) is 0 Å². The number of carbonyl (C=O) groups excluding carboxylic acids is 1. The Hall–Kier alpha value is -1.35. The van der Waals surface area contributed by atoms with Crippen LogP contribution in [0.25, 0.3) is 0 Å². The van der Waals surface area contributed by atoms with Gasteiger partial charge in [0.15, 0.2) is 0 Å². The van der Waals surface area contributed by atoms with Gasteiger partial charge in [-0.1, -0.05) is 37.3 Å². The van der Waals surface area contributed by atoms with Gasteiger partial charge in [0, 0.05) is 13.1 Å². The Balaban J connectivity index is 1.99. The van der Waals surface area contributed by atoms with Crippen LogP contribution >= 0.6 is 0 Å². The number of nitrogens with one attached hydrogen (secondary N) is 1. The lowest BCUT2D eigenvalue weighted by Crippen LogP contribution is -2.45. The van der Waals surface area contributed by atoms with E-state index in [4.69, 9.17) is 0 Å². The van der Waals surface area contributed by atoms with Crippen LogP contribution in [0.2, 0.25) is 0 Å². The minimum Gasteiger partial charge on any atom is -0.341 e. The highest BCUT2D eigenvalue weighted by atomic mass is 16.2. The van der Waals surface area contributed by atoms with E-state index in [2.05, 4.69) is 42.6 Å². The molecule has 0 aromatic heterocycles. The molecule has 0 bridgehead atoms. The van der Waals surface area contributed by atoms with Gasteiger partial charge in [-0.3, -0.25) is 4.79 Å². The molecule has 0 aliphatic carbocycles. The van der Waals surface area contributed by atoms with Gasteiger partial charge in [-0.15, -0.1) is 0 Å². The Morgan fingerprint density at radius 1 is 1.39 bits per heavy atom. The topological polar surface area (TPSA) is 32.3 Å². The molecule has 1 fully saturated rings. The number of nitrogens with zero attached hydrogens (tertiary/aromatic N) is 1. The second kappa shape index (κ2) is 6.01. The van der Waals surface area contributed by atoms with Crippen LogP contribution in [-0.2, 0) is 4.79 Å². The number of hydrogen-bond donors (Lipinski definition) is 1. The summed E-state index contributed by atoms with van der Waals surface area (Å²) in [6.45, 7) is 4.45. The van der Waals surface area contributed by atoms with Crippen LogP contribution in [0.5, 0.6) is 0 Å². The van der Waals surface area contributed by atoms with E-state index in [-0.39, 0.29) is 5.91 Å². The summed E-state index contributed by atoms with van der Waals surface area (Å²) in [6.07, 6.45) is 1.07. The first-order valence-corrected chi connectivity index (χ1v) is 6.69. The van der Waals surface area contributed by atoms with E-state index < -0.39 is 0 Å². The molecule has 1 heterocycles. The lowest BCUT2D eigenvalue weighted by atomic mass is 9.81. The average molecular weight is 246 g/mol. The molecule has 3 nitrogen and oxygen atoms in total.